The van der Waals surface area contributed by atoms with Gasteiger partial charge in [-0.1, -0.05) is 11.6 Å². The first-order valence-electron chi connectivity index (χ1n) is 9.72. The summed E-state index contributed by atoms with van der Waals surface area (Å²) in [4.78, 5) is 14.8. The predicted molar refractivity (Wildman–Crippen MR) is 118 cm³/mol. The van der Waals surface area contributed by atoms with Gasteiger partial charge in [-0.15, -0.1) is 11.3 Å². The van der Waals surface area contributed by atoms with E-state index in [4.69, 9.17) is 16.3 Å². The Kier molecular flexibility index (Phi) is 6.40. The molecule has 0 spiro atoms. The van der Waals surface area contributed by atoms with Crippen LogP contribution in [-0.2, 0) is 9.53 Å². The molecule has 1 unspecified atom stereocenters. The first-order valence-corrected chi connectivity index (χ1v) is 10.9. The molecule has 1 aliphatic carbocycles. The molecule has 1 amide bonds. The number of amides is 1. The Bertz CT molecular complexity index is 891. The van der Waals surface area contributed by atoms with Crippen LogP contribution in [0.15, 0.2) is 42.0 Å². The molecule has 2 aliphatic rings. The van der Waals surface area contributed by atoms with Gasteiger partial charge >= 0.3 is 0 Å². The number of morpholine rings is 1. The third-order valence-electron chi connectivity index (χ3n) is 4.89. The van der Waals surface area contributed by atoms with E-state index in [-0.39, 0.29) is 12.5 Å². The first kappa shape index (κ1) is 20.2. The molecule has 154 valence electrons. The number of aliphatic hydroxyl groups is 1. The van der Waals surface area contributed by atoms with E-state index in [1.54, 1.807) is 16.2 Å². The summed E-state index contributed by atoms with van der Waals surface area (Å²) in [6.45, 7) is 2.15. The summed E-state index contributed by atoms with van der Waals surface area (Å²) in [5.41, 5.74) is 4.26. The van der Waals surface area contributed by atoms with E-state index in [0.29, 0.717) is 26.2 Å². The minimum Gasteiger partial charge on any atom is -0.389 e. The molecule has 4 rings (SSSR count). The number of rotatable bonds is 8. The second-order valence-corrected chi connectivity index (χ2v) is 8.86. The van der Waals surface area contributed by atoms with Crippen molar-refractivity contribution < 1.29 is 14.6 Å². The van der Waals surface area contributed by atoms with Crippen molar-refractivity contribution in [3.05, 3.63) is 51.2 Å². The van der Waals surface area contributed by atoms with Gasteiger partial charge in [0.05, 0.1) is 27.6 Å². The molecule has 2 aromatic rings. The van der Waals surface area contributed by atoms with Crippen molar-refractivity contribution in [2.75, 3.05) is 43.1 Å². The van der Waals surface area contributed by atoms with Gasteiger partial charge in [-0.3, -0.25) is 4.79 Å². The molecule has 1 atom stereocenters. The Morgan fingerprint density at radius 3 is 2.66 bits per heavy atom. The Hall–Kier alpha value is -2.06. The van der Waals surface area contributed by atoms with Gasteiger partial charge in [-0.2, -0.15) is 0 Å². The Balaban J connectivity index is 1.27. The van der Waals surface area contributed by atoms with Gasteiger partial charge < -0.3 is 25.4 Å². The maximum absolute atomic E-state index is 11.9. The SMILES string of the molecule is O=C1COCCN1c1ccc(NCC(O)CNC(=C2CC2)c2ccc(Cl)s2)cc1. The maximum Gasteiger partial charge on any atom is 0.253 e. The molecule has 1 aromatic heterocycles. The Labute approximate surface area is 179 Å². The van der Waals surface area contributed by atoms with Gasteiger partial charge in [-0.05, 0) is 54.8 Å². The molecule has 1 saturated heterocycles. The van der Waals surface area contributed by atoms with Crippen molar-refractivity contribution in [2.24, 2.45) is 0 Å². The van der Waals surface area contributed by atoms with Gasteiger partial charge in [0.15, 0.2) is 0 Å². The largest absolute Gasteiger partial charge is 0.389 e. The van der Waals surface area contributed by atoms with Crippen molar-refractivity contribution >= 4 is 45.9 Å². The van der Waals surface area contributed by atoms with Crippen molar-refractivity contribution in [1.29, 1.82) is 0 Å². The Morgan fingerprint density at radius 1 is 1.21 bits per heavy atom. The molecule has 1 saturated carbocycles. The van der Waals surface area contributed by atoms with Crippen LogP contribution >= 0.6 is 22.9 Å². The average Bonchev–Trinajstić information content (AvgIpc) is 3.48. The molecule has 1 aliphatic heterocycles. The first-order chi connectivity index (χ1) is 14.1. The van der Waals surface area contributed by atoms with Crippen molar-refractivity contribution in [1.82, 2.24) is 5.32 Å². The highest BCUT2D eigenvalue weighted by Gasteiger charge is 2.21. The average molecular weight is 434 g/mol. The van der Waals surface area contributed by atoms with Crippen LogP contribution in [0.25, 0.3) is 5.70 Å². The summed E-state index contributed by atoms with van der Waals surface area (Å²) in [6.07, 6.45) is 1.66. The van der Waals surface area contributed by atoms with Crippen LogP contribution in [0.1, 0.15) is 17.7 Å². The number of hydrogen-bond acceptors (Lipinski definition) is 6. The normalized spacial score (nSPS) is 17.2. The van der Waals surface area contributed by atoms with E-state index in [0.717, 1.165) is 39.1 Å². The lowest BCUT2D eigenvalue weighted by atomic mass is 10.2. The maximum atomic E-state index is 11.9. The summed E-state index contributed by atoms with van der Waals surface area (Å²) in [5, 5.41) is 17.0. The third kappa shape index (κ3) is 5.30. The third-order valence-corrected chi connectivity index (χ3v) is 6.14. The molecule has 6 nitrogen and oxygen atoms in total. The van der Waals surface area contributed by atoms with Crippen LogP contribution in [0.5, 0.6) is 0 Å². The summed E-state index contributed by atoms with van der Waals surface area (Å²) in [6, 6.07) is 11.6. The molecule has 2 fully saturated rings. The number of aliphatic hydroxyl groups excluding tert-OH is 1. The summed E-state index contributed by atoms with van der Waals surface area (Å²) in [7, 11) is 0. The molecular weight excluding hydrogens is 410 g/mol. The number of nitrogens with zero attached hydrogens (tertiary/aromatic N) is 1. The lowest BCUT2D eigenvalue weighted by Gasteiger charge is -2.27. The number of carbonyl (C=O) groups is 1. The fraction of sp³-hybridized carbons (Fsp3) is 0.381. The monoisotopic (exact) mass is 433 g/mol. The number of thiophene rings is 1. The lowest BCUT2D eigenvalue weighted by Crippen LogP contribution is -2.41. The zero-order valence-electron chi connectivity index (χ0n) is 16.0. The van der Waals surface area contributed by atoms with Crippen molar-refractivity contribution in [3.63, 3.8) is 0 Å². The van der Waals surface area contributed by atoms with Gasteiger partial charge in [0, 0.05) is 31.0 Å². The molecular formula is C21H24ClN3O3S. The summed E-state index contributed by atoms with van der Waals surface area (Å²) in [5.74, 6) is -0.0222. The smallest absolute Gasteiger partial charge is 0.253 e. The highest BCUT2D eigenvalue weighted by atomic mass is 35.5. The topological polar surface area (TPSA) is 73.8 Å². The van der Waals surface area contributed by atoms with E-state index < -0.39 is 6.10 Å². The number of anilines is 2. The van der Waals surface area contributed by atoms with E-state index in [1.807, 2.05) is 36.4 Å². The van der Waals surface area contributed by atoms with Gasteiger partial charge in [0.25, 0.3) is 5.91 Å². The zero-order valence-corrected chi connectivity index (χ0v) is 17.6. The molecule has 8 heteroatoms. The lowest BCUT2D eigenvalue weighted by molar-refractivity contribution is -0.125. The number of benzene rings is 1. The molecule has 3 N–H and O–H groups in total. The highest BCUT2D eigenvalue weighted by molar-refractivity contribution is 7.17. The number of carbonyl (C=O) groups excluding carboxylic acids is 1. The number of allylic oxidation sites excluding steroid dienone is 1. The number of hydrogen-bond donors (Lipinski definition) is 3. The quantitative estimate of drug-likeness (QED) is 0.595. The highest BCUT2D eigenvalue weighted by Crippen LogP contribution is 2.38. The predicted octanol–water partition coefficient (Wildman–Crippen LogP) is 3.33. The Morgan fingerprint density at radius 2 is 2.00 bits per heavy atom. The van der Waals surface area contributed by atoms with Gasteiger partial charge in [-0.25, -0.2) is 0 Å². The zero-order chi connectivity index (χ0) is 20.2. The standard InChI is InChI=1S/C21H24ClN3O3S/c22-19-8-7-18(29-19)21(14-1-2-14)24-12-17(26)11-23-15-3-5-16(6-4-15)25-9-10-28-13-20(25)27/h3-8,17,23-24,26H,1-2,9-13H2. The molecule has 0 bridgehead atoms. The van der Waals surface area contributed by atoms with E-state index >= 15 is 0 Å². The van der Waals surface area contributed by atoms with Crippen LogP contribution in [0.4, 0.5) is 11.4 Å². The minimum absolute atomic E-state index is 0.0222. The second-order valence-electron chi connectivity index (χ2n) is 7.14. The number of halogens is 1. The van der Waals surface area contributed by atoms with Gasteiger partial charge in [0.1, 0.15) is 6.61 Å². The summed E-state index contributed by atoms with van der Waals surface area (Å²) >= 11 is 7.61. The van der Waals surface area contributed by atoms with Gasteiger partial charge in [0.2, 0.25) is 0 Å². The number of nitrogens with one attached hydrogen (secondary N) is 2. The van der Waals surface area contributed by atoms with E-state index in [9.17, 15) is 9.90 Å². The van der Waals surface area contributed by atoms with E-state index in [2.05, 4.69) is 10.6 Å². The minimum atomic E-state index is -0.541. The molecule has 1 aromatic carbocycles. The molecule has 2 heterocycles. The van der Waals surface area contributed by atoms with Crippen LogP contribution < -0.4 is 15.5 Å². The number of ether oxygens (including phenoxy) is 1. The van der Waals surface area contributed by atoms with Crippen LogP contribution in [0.2, 0.25) is 4.34 Å². The molecule has 29 heavy (non-hydrogen) atoms. The second kappa shape index (κ2) is 9.17. The van der Waals surface area contributed by atoms with Crippen LogP contribution in [-0.4, -0.2) is 50.0 Å². The fourth-order valence-corrected chi connectivity index (χ4v) is 4.34. The van der Waals surface area contributed by atoms with Crippen LogP contribution in [0.3, 0.4) is 0 Å². The van der Waals surface area contributed by atoms with Crippen molar-refractivity contribution in [3.8, 4) is 0 Å². The summed E-state index contributed by atoms with van der Waals surface area (Å²) < 4.78 is 5.93. The molecule has 0 radical (unpaired) electrons. The van der Waals surface area contributed by atoms with Crippen molar-refractivity contribution in [2.45, 2.75) is 18.9 Å². The fourth-order valence-electron chi connectivity index (χ4n) is 3.23. The van der Waals surface area contributed by atoms with Crippen LogP contribution in [0, 0.1) is 0 Å². The van der Waals surface area contributed by atoms with E-state index in [1.165, 1.54) is 5.57 Å².